The Morgan fingerprint density at radius 1 is 1.18 bits per heavy atom. The molecule has 5 N–H and O–H groups in total. The van der Waals surface area contributed by atoms with Crippen molar-refractivity contribution in [3.8, 4) is 11.3 Å². The molecule has 1 fully saturated rings. The van der Waals surface area contributed by atoms with Crippen LogP contribution >= 0.6 is 11.6 Å². The lowest BCUT2D eigenvalue weighted by atomic mass is 9.87. The van der Waals surface area contributed by atoms with E-state index in [0.717, 1.165) is 24.1 Å². The minimum atomic E-state index is -0.670. The molecule has 33 heavy (non-hydrogen) atoms. The number of amides is 1. The maximum atomic E-state index is 15.0. The van der Waals surface area contributed by atoms with Gasteiger partial charge in [-0.15, -0.1) is 0 Å². The first-order valence-electron chi connectivity index (χ1n) is 11.1. The lowest BCUT2D eigenvalue weighted by molar-refractivity contribution is 0.0934. The number of anilines is 1. The monoisotopic (exact) mass is 467 g/mol. The van der Waals surface area contributed by atoms with Crippen molar-refractivity contribution in [3.63, 3.8) is 0 Å². The maximum absolute atomic E-state index is 15.0. The van der Waals surface area contributed by atoms with Gasteiger partial charge in [-0.25, -0.2) is 14.4 Å². The van der Waals surface area contributed by atoms with E-state index in [0.29, 0.717) is 22.2 Å². The van der Waals surface area contributed by atoms with Crippen LogP contribution in [0.15, 0.2) is 48.7 Å². The van der Waals surface area contributed by atoms with Gasteiger partial charge in [0.25, 0.3) is 5.91 Å². The van der Waals surface area contributed by atoms with Crippen LogP contribution in [0.4, 0.5) is 10.2 Å². The van der Waals surface area contributed by atoms with Gasteiger partial charge in [-0.3, -0.25) is 4.79 Å². The van der Waals surface area contributed by atoms with E-state index in [2.05, 4.69) is 10.3 Å². The smallest absolute Gasteiger partial charge is 0.254 e. The van der Waals surface area contributed by atoms with Gasteiger partial charge in [0, 0.05) is 23.0 Å². The number of hydrogen-bond donors (Lipinski definition) is 3. The van der Waals surface area contributed by atoms with Crippen LogP contribution in [-0.4, -0.2) is 22.4 Å². The number of aromatic nitrogens is 2. The summed E-state index contributed by atoms with van der Waals surface area (Å²) in [5.41, 5.74) is 14.3. The Bertz CT molecular complexity index is 1150. The number of nitrogens with zero attached hydrogens (tertiary/aromatic N) is 2. The molecule has 0 bridgehead atoms. The average molecular weight is 468 g/mol. The van der Waals surface area contributed by atoms with E-state index in [4.69, 9.17) is 28.1 Å². The van der Waals surface area contributed by atoms with Crippen molar-refractivity contribution in [1.82, 2.24) is 15.3 Å². The first kappa shape index (κ1) is 23.1. The summed E-state index contributed by atoms with van der Waals surface area (Å²) in [5, 5.41) is 3.31. The molecule has 0 radical (unpaired) electrons. The topological polar surface area (TPSA) is 107 Å². The largest absolute Gasteiger partial charge is 0.382 e. The average Bonchev–Trinajstić information content (AvgIpc) is 2.83. The minimum absolute atomic E-state index is 0.0887. The molecule has 0 aliphatic heterocycles. The summed E-state index contributed by atoms with van der Waals surface area (Å²) in [6.45, 7) is 0.145. The zero-order valence-electron chi connectivity index (χ0n) is 18.2. The minimum Gasteiger partial charge on any atom is -0.382 e. The van der Waals surface area contributed by atoms with Gasteiger partial charge in [0.2, 0.25) is 0 Å². The molecule has 1 aliphatic carbocycles. The van der Waals surface area contributed by atoms with Crippen LogP contribution in [0.5, 0.6) is 0 Å². The number of rotatable bonds is 6. The van der Waals surface area contributed by atoms with Gasteiger partial charge in [-0.05, 0) is 42.7 Å². The Kier molecular flexibility index (Phi) is 7.20. The zero-order valence-corrected chi connectivity index (χ0v) is 19.0. The third-order valence-corrected chi connectivity index (χ3v) is 6.36. The van der Waals surface area contributed by atoms with Crippen molar-refractivity contribution in [2.75, 3.05) is 12.3 Å². The number of benzene rings is 2. The Hall–Kier alpha value is -3.03. The molecule has 3 aromatic rings. The second-order valence-corrected chi connectivity index (χ2v) is 8.81. The maximum Gasteiger partial charge on any atom is 0.254 e. The Morgan fingerprint density at radius 3 is 2.67 bits per heavy atom. The molecule has 1 aliphatic rings. The van der Waals surface area contributed by atoms with Gasteiger partial charge in [0.05, 0.1) is 23.5 Å². The van der Waals surface area contributed by atoms with Crippen molar-refractivity contribution in [1.29, 1.82) is 0 Å². The van der Waals surface area contributed by atoms with E-state index < -0.39 is 17.8 Å². The van der Waals surface area contributed by atoms with Gasteiger partial charge in [0.15, 0.2) is 0 Å². The van der Waals surface area contributed by atoms with Crippen LogP contribution in [0.2, 0.25) is 5.02 Å². The van der Waals surface area contributed by atoms with E-state index in [1.807, 2.05) is 6.07 Å². The highest BCUT2D eigenvalue weighted by molar-refractivity contribution is 6.30. The summed E-state index contributed by atoms with van der Waals surface area (Å²) in [6.07, 6.45) is 7.44. The van der Waals surface area contributed by atoms with E-state index in [1.165, 1.54) is 31.4 Å². The zero-order chi connectivity index (χ0) is 23.4. The lowest BCUT2D eigenvalue weighted by Gasteiger charge is -2.21. The van der Waals surface area contributed by atoms with Gasteiger partial charge in [-0.1, -0.05) is 49.1 Å². The highest BCUT2D eigenvalue weighted by atomic mass is 35.5. The van der Waals surface area contributed by atoms with Crippen LogP contribution in [0.3, 0.4) is 0 Å². The summed E-state index contributed by atoms with van der Waals surface area (Å²) in [4.78, 5) is 21.8. The van der Waals surface area contributed by atoms with E-state index in [1.54, 1.807) is 30.5 Å². The molecule has 8 heteroatoms. The summed E-state index contributed by atoms with van der Waals surface area (Å²) in [7, 11) is 0. The van der Waals surface area contributed by atoms with Crippen molar-refractivity contribution in [2.45, 2.75) is 44.1 Å². The Labute approximate surface area is 197 Å². The first-order chi connectivity index (χ1) is 16.0. The second kappa shape index (κ2) is 10.3. The number of hydrogen-bond acceptors (Lipinski definition) is 5. The molecule has 172 valence electrons. The molecule has 0 spiro atoms. The van der Waals surface area contributed by atoms with Gasteiger partial charge < -0.3 is 16.8 Å². The summed E-state index contributed by atoms with van der Waals surface area (Å²) in [6, 6.07) is 10.9. The molecule has 2 aromatic carbocycles. The lowest BCUT2D eigenvalue weighted by Crippen LogP contribution is -2.33. The number of nitrogens with one attached hydrogen (secondary N) is 1. The predicted molar refractivity (Wildman–Crippen MR) is 128 cm³/mol. The summed E-state index contributed by atoms with van der Waals surface area (Å²) >= 11 is 6.04. The number of nitrogens with two attached hydrogens (primary N) is 2. The SMILES string of the molecule is NCC(NC(=O)c1ccc(-c2nc(C3CCCCC3)cnc2N)cc1F)c1cccc(Cl)c1. The third-order valence-electron chi connectivity index (χ3n) is 6.12. The van der Waals surface area contributed by atoms with Crippen molar-refractivity contribution in [3.05, 3.63) is 76.3 Å². The number of carbonyl (C=O) groups excluding carboxylic acids is 1. The quantitative estimate of drug-likeness (QED) is 0.473. The van der Waals surface area contributed by atoms with E-state index in [9.17, 15) is 9.18 Å². The molecular weight excluding hydrogens is 441 g/mol. The number of carbonyl (C=O) groups is 1. The molecule has 1 atom stereocenters. The van der Waals surface area contributed by atoms with Crippen molar-refractivity contribution >= 4 is 23.3 Å². The normalized spacial score (nSPS) is 15.2. The molecule has 0 saturated heterocycles. The fourth-order valence-electron chi connectivity index (χ4n) is 4.30. The van der Waals surface area contributed by atoms with Gasteiger partial charge in [0.1, 0.15) is 17.3 Å². The first-order valence-corrected chi connectivity index (χ1v) is 11.5. The molecule has 4 rings (SSSR count). The van der Waals surface area contributed by atoms with Crippen molar-refractivity contribution < 1.29 is 9.18 Å². The molecule has 6 nitrogen and oxygen atoms in total. The van der Waals surface area contributed by atoms with Gasteiger partial charge in [-0.2, -0.15) is 0 Å². The van der Waals surface area contributed by atoms with Crippen LogP contribution in [-0.2, 0) is 0 Å². The highest BCUT2D eigenvalue weighted by Gasteiger charge is 2.21. The van der Waals surface area contributed by atoms with Gasteiger partial charge >= 0.3 is 0 Å². The third kappa shape index (κ3) is 5.31. The molecule has 1 saturated carbocycles. The Morgan fingerprint density at radius 2 is 1.97 bits per heavy atom. The number of nitrogen functional groups attached to an aromatic ring is 1. The molecule has 1 aromatic heterocycles. The molecule has 1 heterocycles. The predicted octanol–water partition coefficient (Wildman–Crippen LogP) is 5.00. The summed E-state index contributed by atoms with van der Waals surface area (Å²) in [5.74, 6) is -0.656. The fourth-order valence-corrected chi connectivity index (χ4v) is 4.50. The van der Waals surface area contributed by atoms with Crippen LogP contribution in [0.1, 0.15) is 65.7 Å². The summed E-state index contributed by atoms with van der Waals surface area (Å²) < 4.78 is 15.0. The molecular formula is C25H27ClFN5O. The highest BCUT2D eigenvalue weighted by Crippen LogP contribution is 2.33. The van der Waals surface area contributed by atoms with Crippen LogP contribution in [0, 0.1) is 5.82 Å². The number of halogens is 2. The standard InChI is InChI=1S/C25H27ClFN5O/c26-18-8-4-7-16(11-18)21(13-28)32-25(33)19-10-9-17(12-20(19)27)23-24(29)30-14-22(31-23)15-5-2-1-3-6-15/h4,7-12,14-15,21H,1-3,5-6,13,28H2,(H2,29,30)(H,32,33). The fraction of sp³-hybridized carbons (Fsp3) is 0.320. The van der Waals surface area contributed by atoms with Crippen LogP contribution in [0.25, 0.3) is 11.3 Å². The van der Waals surface area contributed by atoms with E-state index in [-0.39, 0.29) is 17.9 Å². The molecule has 1 amide bonds. The van der Waals surface area contributed by atoms with Crippen LogP contribution < -0.4 is 16.8 Å². The molecule has 1 unspecified atom stereocenters. The van der Waals surface area contributed by atoms with Crippen molar-refractivity contribution in [2.24, 2.45) is 5.73 Å². The second-order valence-electron chi connectivity index (χ2n) is 8.38. The Balaban J connectivity index is 1.56. The van der Waals surface area contributed by atoms with E-state index >= 15 is 0 Å².